The minimum Gasteiger partial charge on any atom is -0.408 e. The molecule has 1 aromatic heterocycles. The number of oxazole rings is 1. The van der Waals surface area contributed by atoms with Gasteiger partial charge in [-0.1, -0.05) is 18.9 Å². The third-order valence-electron chi connectivity index (χ3n) is 5.68. The standard InChI is InChI=1S/C18H24N2O3/c1-13-5-6-16-15(10-13)20(17(21)23-16)12-19-9-8-18(22)7-3-2-4-14(18)11-19/h5-6,10,14,22H,2-4,7-9,11-12H2,1H3/t14-,18-/m1/s1. The quantitative estimate of drug-likeness (QED) is 0.925. The summed E-state index contributed by atoms with van der Waals surface area (Å²) in [6, 6.07) is 5.82. The molecule has 0 bridgehead atoms. The topological polar surface area (TPSA) is 58.6 Å². The Morgan fingerprint density at radius 2 is 2.22 bits per heavy atom. The Hall–Kier alpha value is -1.59. The van der Waals surface area contributed by atoms with Crippen LogP contribution in [0.1, 0.15) is 37.7 Å². The van der Waals surface area contributed by atoms with E-state index in [1.807, 2.05) is 25.1 Å². The fraction of sp³-hybridized carbons (Fsp3) is 0.611. The van der Waals surface area contributed by atoms with Gasteiger partial charge in [0.05, 0.1) is 17.8 Å². The number of fused-ring (bicyclic) bond motifs is 2. The Morgan fingerprint density at radius 3 is 3.09 bits per heavy atom. The second-order valence-corrected chi connectivity index (χ2v) is 7.28. The molecule has 1 saturated carbocycles. The number of rotatable bonds is 2. The number of piperidine rings is 1. The van der Waals surface area contributed by atoms with Crippen molar-refractivity contribution in [2.24, 2.45) is 5.92 Å². The molecule has 23 heavy (non-hydrogen) atoms. The number of aromatic nitrogens is 1. The molecule has 1 saturated heterocycles. The molecule has 5 heteroatoms. The molecule has 0 unspecified atom stereocenters. The molecule has 4 rings (SSSR count). The van der Waals surface area contributed by atoms with Crippen molar-refractivity contribution in [2.75, 3.05) is 13.1 Å². The molecule has 5 nitrogen and oxygen atoms in total. The summed E-state index contributed by atoms with van der Waals surface area (Å²) in [5.74, 6) is 0.0377. The molecule has 2 heterocycles. The fourth-order valence-electron chi connectivity index (χ4n) is 4.27. The largest absolute Gasteiger partial charge is 0.421 e. The molecule has 0 spiro atoms. The predicted molar refractivity (Wildman–Crippen MR) is 88.3 cm³/mol. The van der Waals surface area contributed by atoms with Gasteiger partial charge >= 0.3 is 5.76 Å². The summed E-state index contributed by atoms with van der Waals surface area (Å²) in [7, 11) is 0. The Labute approximate surface area is 135 Å². The average molecular weight is 316 g/mol. The van der Waals surface area contributed by atoms with Crippen LogP contribution in [0, 0.1) is 12.8 Å². The van der Waals surface area contributed by atoms with E-state index >= 15 is 0 Å². The van der Waals surface area contributed by atoms with Crippen LogP contribution in [0.4, 0.5) is 0 Å². The molecule has 2 fully saturated rings. The lowest BCUT2D eigenvalue weighted by molar-refractivity contribution is -0.100. The number of likely N-dealkylation sites (tertiary alicyclic amines) is 1. The van der Waals surface area contributed by atoms with Gasteiger partial charge in [0.2, 0.25) is 0 Å². The van der Waals surface area contributed by atoms with Crippen LogP contribution in [-0.2, 0) is 6.67 Å². The summed E-state index contributed by atoms with van der Waals surface area (Å²) >= 11 is 0. The zero-order valence-electron chi connectivity index (χ0n) is 13.6. The summed E-state index contributed by atoms with van der Waals surface area (Å²) in [6.07, 6.45) is 5.17. The molecule has 0 radical (unpaired) electrons. The molecule has 2 aromatic rings. The SMILES string of the molecule is Cc1ccc2oc(=O)n(CN3CC[C@]4(O)CCCC[C@@H]4C3)c2c1. The molecule has 1 aliphatic heterocycles. The van der Waals surface area contributed by atoms with E-state index in [1.165, 1.54) is 6.42 Å². The Kier molecular flexibility index (Phi) is 3.58. The zero-order valence-corrected chi connectivity index (χ0v) is 13.6. The number of hydrogen-bond donors (Lipinski definition) is 1. The number of aliphatic hydroxyl groups is 1. The second kappa shape index (κ2) is 5.49. The van der Waals surface area contributed by atoms with Gasteiger partial charge in [-0.3, -0.25) is 9.47 Å². The van der Waals surface area contributed by atoms with Crippen LogP contribution in [0.5, 0.6) is 0 Å². The van der Waals surface area contributed by atoms with Gasteiger partial charge in [-0.15, -0.1) is 0 Å². The van der Waals surface area contributed by atoms with E-state index in [0.29, 0.717) is 18.2 Å². The van der Waals surface area contributed by atoms with E-state index in [4.69, 9.17) is 4.42 Å². The highest BCUT2D eigenvalue weighted by Gasteiger charge is 2.42. The molecule has 0 amide bonds. The third kappa shape index (κ3) is 2.62. The van der Waals surface area contributed by atoms with Crippen LogP contribution in [0.3, 0.4) is 0 Å². The first-order valence-electron chi connectivity index (χ1n) is 8.60. The lowest BCUT2D eigenvalue weighted by Gasteiger charge is -2.47. The highest BCUT2D eigenvalue weighted by atomic mass is 16.4. The van der Waals surface area contributed by atoms with E-state index in [0.717, 1.165) is 49.9 Å². The van der Waals surface area contributed by atoms with Gasteiger partial charge in [-0.25, -0.2) is 4.79 Å². The van der Waals surface area contributed by atoms with Gasteiger partial charge in [0.15, 0.2) is 5.58 Å². The number of nitrogens with zero attached hydrogens (tertiary/aromatic N) is 2. The van der Waals surface area contributed by atoms with Gasteiger partial charge in [0, 0.05) is 19.0 Å². The molecule has 2 atom stereocenters. The van der Waals surface area contributed by atoms with Crippen LogP contribution >= 0.6 is 0 Å². The fourth-order valence-corrected chi connectivity index (χ4v) is 4.27. The van der Waals surface area contributed by atoms with Crippen molar-refractivity contribution in [3.63, 3.8) is 0 Å². The monoisotopic (exact) mass is 316 g/mol. The van der Waals surface area contributed by atoms with Gasteiger partial charge in [0.1, 0.15) is 0 Å². The minimum atomic E-state index is -0.477. The van der Waals surface area contributed by atoms with E-state index in [2.05, 4.69) is 4.90 Å². The molecule has 1 aromatic carbocycles. The lowest BCUT2D eigenvalue weighted by Crippen LogP contribution is -2.53. The van der Waals surface area contributed by atoms with E-state index < -0.39 is 5.60 Å². The normalized spacial score (nSPS) is 28.9. The minimum absolute atomic E-state index is 0.296. The predicted octanol–water partition coefficient (Wildman–Crippen LogP) is 2.49. The first kappa shape index (κ1) is 15.0. The van der Waals surface area contributed by atoms with Crippen molar-refractivity contribution in [1.82, 2.24) is 9.47 Å². The Bertz CT molecular complexity index is 778. The smallest absolute Gasteiger partial charge is 0.408 e. The molecule has 1 N–H and O–H groups in total. The average Bonchev–Trinajstić information content (AvgIpc) is 2.83. The van der Waals surface area contributed by atoms with Crippen molar-refractivity contribution < 1.29 is 9.52 Å². The van der Waals surface area contributed by atoms with Crippen molar-refractivity contribution in [2.45, 2.75) is 51.3 Å². The number of aryl methyl sites for hydroxylation is 1. The van der Waals surface area contributed by atoms with Gasteiger partial charge in [-0.2, -0.15) is 0 Å². The summed E-state index contributed by atoms with van der Waals surface area (Å²) in [5.41, 5.74) is 2.15. The first-order chi connectivity index (χ1) is 11.0. The Balaban J connectivity index is 1.58. The van der Waals surface area contributed by atoms with Crippen LogP contribution in [0.15, 0.2) is 27.4 Å². The van der Waals surface area contributed by atoms with Crippen LogP contribution in [-0.4, -0.2) is 33.3 Å². The maximum Gasteiger partial charge on any atom is 0.421 e. The summed E-state index contributed by atoms with van der Waals surface area (Å²) in [5, 5.41) is 10.8. The van der Waals surface area contributed by atoms with Crippen molar-refractivity contribution in [3.05, 3.63) is 34.3 Å². The third-order valence-corrected chi connectivity index (χ3v) is 5.68. The Morgan fingerprint density at radius 1 is 1.35 bits per heavy atom. The van der Waals surface area contributed by atoms with Crippen LogP contribution < -0.4 is 5.76 Å². The summed E-state index contributed by atoms with van der Waals surface area (Å²) in [6.45, 7) is 4.26. The van der Waals surface area contributed by atoms with Crippen molar-refractivity contribution in [1.29, 1.82) is 0 Å². The van der Waals surface area contributed by atoms with Crippen LogP contribution in [0.2, 0.25) is 0 Å². The second-order valence-electron chi connectivity index (χ2n) is 7.28. The molecular weight excluding hydrogens is 292 g/mol. The summed E-state index contributed by atoms with van der Waals surface area (Å²) in [4.78, 5) is 14.5. The van der Waals surface area contributed by atoms with Crippen molar-refractivity contribution >= 4 is 11.1 Å². The number of hydrogen-bond acceptors (Lipinski definition) is 4. The van der Waals surface area contributed by atoms with Gasteiger partial charge < -0.3 is 9.52 Å². The zero-order chi connectivity index (χ0) is 16.0. The molecule has 124 valence electrons. The van der Waals surface area contributed by atoms with Crippen molar-refractivity contribution in [3.8, 4) is 0 Å². The maximum atomic E-state index is 12.2. The highest BCUT2D eigenvalue weighted by molar-refractivity contribution is 5.73. The van der Waals surface area contributed by atoms with Gasteiger partial charge in [-0.05, 0) is 43.9 Å². The maximum absolute atomic E-state index is 12.2. The summed E-state index contributed by atoms with van der Waals surface area (Å²) < 4.78 is 7.07. The van der Waals surface area contributed by atoms with Gasteiger partial charge in [0.25, 0.3) is 0 Å². The van der Waals surface area contributed by atoms with E-state index in [-0.39, 0.29) is 5.76 Å². The van der Waals surface area contributed by atoms with E-state index in [9.17, 15) is 9.90 Å². The highest BCUT2D eigenvalue weighted by Crippen LogP contribution is 2.39. The van der Waals surface area contributed by atoms with E-state index in [1.54, 1.807) is 4.57 Å². The molecule has 2 aliphatic rings. The molecule has 1 aliphatic carbocycles. The number of benzene rings is 1. The first-order valence-corrected chi connectivity index (χ1v) is 8.60. The molecular formula is C18H24N2O3. The lowest BCUT2D eigenvalue weighted by atomic mass is 9.71. The van der Waals surface area contributed by atoms with Crippen LogP contribution in [0.25, 0.3) is 11.1 Å².